The third kappa shape index (κ3) is 6.41. The number of halogens is 1. The predicted molar refractivity (Wildman–Crippen MR) is 98.1 cm³/mol. The van der Waals surface area contributed by atoms with Crippen LogP contribution in [0.1, 0.15) is 12.0 Å². The molecule has 0 saturated carbocycles. The van der Waals surface area contributed by atoms with Gasteiger partial charge in [0.1, 0.15) is 0 Å². The van der Waals surface area contributed by atoms with E-state index in [0.717, 1.165) is 30.8 Å². The second-order valence-electron chi connectivity index (χ2n) is 5.64. The van der Waals surface area contributed by atoms with Gasteiger partial charge in [0.05, 0.1) is 11.5 Å². The van der Waals surface area contributed by atoms with Gasteiger partial charge in [0, 0.05) is 18.8 Å². The number of carbonyl (C=O) groups excluding carboxylic acids is 2. The average molecular weight is 358 g/mol. The van der Waals surface area contributed by atoms with Crippen molar-refractivity contribution in [1.29, 1.82) is 0 Å². The molecule has 2 amide bonds. The molecule has 1 aliphatic heterocycles. The minimum Gasteiger partial charge on any atom is -0.342 e. The van der Waals surface area contributed by atoms with Crippen molar-refractivity contribution >= 4 is 41.7 Å². The second-order valence-corrected chi connectivity index (χ2v) is 6.62. The van der Waals surface area contributed by atoms with Crippen LogP contribution in [0.25, 0.3) is 0 Å². The van der Waals surface area contributed by atoms with Crippen LogP contribution in [0.3, 0.4) is 0 Å². The average Bonchev–Trinajstić information content (AvgIpc) is 2.98. The molecule has 3 N–H and O–H groups in total. The first-order valence-corrected chi connectivity index (χ1v) is 8.66. The molecule has 1 aromatic carbocycles. The standard InChI is InChI=1S/C16H23N3O2S.ClH/c1-12-2-4-14(5-3-12)18-15(20)10-22-11-16(21)19-7-6-13(8-17)9-19;/h2-5,13H,6-11,17H2,1H3,(H,18,20);1H. The summed E-state index contributed by atoms with van der Waals surface area (Å²) in [5.74, 6) is 1.08. The van der Waals surface area contributed by atoms with Crippen LogP contribution in [-0.2, 0) is 9.59 Å². The third-order valence-electron chi connectivity index (χ3n) is 3.77. The molecule has 2 rings (SSSR count). The molecule has 0 bridgehead atoms. The smallest absolute Gasteiger partial charge is 0.234 e. The van der Waals surface area contributed by atoms with E-state index in [1.165, 1.54) is 11.8 Å². The molecular formula is C16H24ClN3O2S. The van der Waals surface area contributed by atoms with E-state index in [9.17, 15) is 9.59 Å². The highest BCUT2D eigenvalue weighted by molar-refractivity contribution is 8.00. The molecule has 0 aliphatic carbocycles. The topological polar surface area (TPSA) is 75.4 Å². The van der Waals surface area contributed by atoms with Gasteiger partial charge in [0.2, 0.25) is 11.8 Å². The number of amides is 2. The van der Waals surface area contributed by atoms with E-state index in [1.54, 1.807) is 0 Å². The maximum absolute atomic E-state index is 12.0. The van der Waals surface area contributed by atoms with Crippen molar-refractivity contribution in [2.45, 2.75) is 13.3 Å². The van der Waals surface area contributed by atoms with Crippen LogP contribution in [0.5, 0.6) is 0 Å². The summed E-state index contributed by atoms with van der Waals surface area (Å²) in [5.41, 5.74) is 7.56. The molecule has 7 heteroatoms. The van der Waals surface area contributed by atoms with Crippen molar-refractivity contribution in [1.82, 2.24) is 4.90 Å². The summed E-state index contributed by atoms with van der Waals surface area (Å²) in [6.45, 7) is 4.18. The number of hydrogen-bond donors (Lipinski definition) is 2. The Morgan fingerprint density at radius 2 is 2.00 bits per heavy atom. The van der Waals surface area contributed by atoms with Crippen molar-refractivity contribution < 1.29 is 9.59 Å². The number of nitrogens with two attached hydrogens (primary N) is 1. The fourth-order valence-electron chi connectivity index (χ4n) is 2.41. The SMILES string of the molecule is Cc1ccc(NC(=O)CSCC(=O)N2CCC(CN)C2)cc1.Cl. The van der Waals surface area contributed by atoms with Crippen LogP contribution in [0.4, 0.5) is 5.69 Å². The number of nitrogens with one attached hydrogen (secondary N) is 1. The first kappa shape index (κ1) is 19.8. The quantitative estimate of drug-likeness (QED) is 0.815. The second kappa shape index (κ2) is 9.80. The minimum absolute atomic E-state index is 0. The zero-order valence-electron chi connectivity index (χ0n) is 13.3. The molecule has 1 fully saturated rings. The van der Waals surface area contributed by atoms with Gasteiger partial charge < -0.3 is 16.0 Å². The monoisotopic (exact) mass is 357 g/mol. The van der Waals surface area contributed by atoms with Crippen LogP contribution in [0.2, 0.25) is 0 Å². The molecule has 0 aromatic heterocycles. The van der Waals surface area contributed by atoms with E-state index >= 15 is 0 Å². The Bertz CT molecular complexity index is 525. The molecule has 1 aromatic rings. The number of likely N-dealkylation sites (tertiary alicyclic amines) is 1. The van der Waals surface area contributed by atoms with Crippen molar-refractivity contribution in [2.24, 2.45) is 11.7 Å². The molecule has 23 heavy (non-hydrogen) atoms. The van der Waals surface area contributed by atoms with Gasteiger partial charge in [-0.05, 0) is 37.9 Å². The maximum atomic E-state index is 12.0. The lowest BCUT2D eigenvalue weighted by Crippen LogP contribution is -2.31. The van der Waals surface area contributed by atoms with Gasteiger partial charge in [-0.2, -0.15) is 0 Å². The van der Waals surface area contributed by atoms with Gasteiger partial charge in [-0.25, -0.2) is 0 Å². The van der Waals surface area contributed by atoms with Crippen molar-refractivity contribution in [3.8, 4) is 0 Å². The van der Waals surface area contributed by atoms with E-state index in [0.29, 0.717) is 18.2 Å². The number of hydrogen-bond acceptors (Lipinski definition) is 4. The Labute approximate surface area is 147 Å². The molecule has 1 aliphatic rings. The number of rotatable bonds is 6. The van der Waals surface area contributed by atoms with Crippen LogP contribution in [-0.4, -0.2) is 47.9 Å². The highest BCUT2D eigenvalue weighted by Gasteiger charge is 2.24. The number of thioether (sulfide) groups is 1. The fourth-order valence-corrected chi connectivity index (χ4v) is 3.12. The summed E-state index contributed by atoms with van der Waals surface area (Å²) < 4.78 is 0. The van der Waals surface area contributed by atoms with Crippen LogP contribution >= 0.6 is 24.2 Å². The van der Waals surface area contributed by atoms with E-state index in [1.807, 2.05) is 36.1 Å². The Balaban J connectivity index is 0.00000264. The zero-order valence-corrected chi connectivity index (χ0v) is 14.9. The van der Waals surface area contributed by atoms with Gasteiger partial charge in [-0.3, -0.25) is 9.59 Å². The lowest BCUT2D eigenvalue weighted by molar-refractivity contribution is -0.127. The molecule has 1 saturated heterocycles. The summed E-state index contributed by atoms with van der Waals surface area (Å²) >= 11 is 1.35. The zero-order chi connectivity index (χ0) is 15.9. The Morgan fingerprint density at radius 1 is 1.30 bits per heavy atom. The third-order valence-corrected chi connectivity index (χ3v) is 4.68. The first-order valence-electron chi connectivity index (χ1n) is 7.50. The van der Waals surface area contributed by atoms with Crippen molar-refractivity contribution in [2.75, 3.05) is 36.5 Å². The summed E-state index contributed by atoms with van der Waals surface area (Å²) in [4.78, 5) is 25.7. The lowest BCUT2D eigenvalue weighted by Gasteiger charge is -2.15. The number of carbonyl (C=O) groups is 2. The van der Waals surface area contributed by atoms with Crippen molar-refractivity contribution in [3.05, 3.63) is 29.8 Å². The Kier molecular flexibility index (Phi) is 8.44. The fraction of sp³-hybridized carbons (Fsp3) is 0.500. The van der Waals surface area contributed by atoms with E-state index in [2.05, 4.69) is 5.32 Å². The summed E-state index contributed by atoms with van der Waals surface area (Å²) in [6, 6.07) is 7.65. The molecule has 0 spiro atoms. The molecule has 5 nitrogen and oxygen atoms in total. The van der Waals surface area contributed by atoms with Gasteiger partial charge in [0.25, 0.3) is 0 Å². The first-order chi connectivity index (χ1) is 10.6. The summed E-state index contributed by atoms with van der Waals surface area (Å²) in [5, 5.41) is 2.83. The van der Waals surface area contributed by atoms with Crippen molar-refractivity contribution in [3.63, 3.8) is 0 Å². The molecule has 0 radical (unpaired) electrons. The molecule has 1 unspecified atom stereocenters. The number of benzene rings is 1. The molecule has 1 atom stereocenters. The Morgan fingerprint density at radius 3 is 2.61 bits per heavy atom. The number of nitrogens with zero attached hydrogens (tertiary/aromatic N) is 1. The van der Waals surface area contributed by atoms with Gasteiger partial charge in [0.15, 0.2) is 0 Å². The van der Waals surface area contributed by atoms with Gasteiger partial charge in [-0.15, -0.1) is 24.2 Å². The van der Waals surface area contributed by atoms with Crippen LogP contribution in [0, 0.1) is 12.8 Å². The van der Waals surface area contributed by atoms with Gasteiger partial charge in [-0.1, -0.05) is 17.7 Å². The number of aryl methyl sites for hydroxylation is 1. The predicted octanol–water partition coefficient (Wildman–Crippen LogP) is 1.90. The molecular weight excluding hydrogens is 334 g/mol. The number of anilines is 1. The van der Waals surface area contributed by atoms with E-state index in [4.69, 9.17) is 5.73 Å². The van der Waals surface area contributed by atoms with Crippen LogP contribution in [0.15, 0.2) is 24.3 Å². The largest absolute Gasteiger partial charge is 0.342 e. The van der Waals surface area contributed by atoms with E-state index < -0.39 is 0 Å². The van der Waals surface area contributed by atoms with Gasteiger partial charge >= 0.3 is 0 Å². The summed E-state index contributed by atoms with van der Waals surface area (Å²) in [7, 11) is 0. The highest BCUT2D eigenvalue weighted by Crippen LogP contribution is 2.16. The van der Waals surface area contributed by atoms with E-state index in [-0.39, 0.29) is 30.0 Å². The van der Waals surface area contributed by atoms with Crippen LogP contribution < -0.4 is 11.1 Å². The molecule has 1 heterocycles. The highest BCUT2D eigenvalue weighted by atomic mass is 35.5. The minimum atomic E-state index is -0.0806. The summed E-state index contributed by atoms with van der Waals surface area (Å²) in [6.07, 6.45) is 0.987. The Hall–Kier alpha value is -1.24. The normalized spacial score (nSPS) is 16.8. The maximum Gasteiger partial charge on any atom is 0.234 e. The molecule has 128 valence electrons. The lowest BCUT2D eigenvalue weighted by atomic mass is 10.1.